The lowest BCUT2D eigenvalue weighted by Crippen LogP contribution is -2.26. The lowest BCUT2D eigenvalue weighted by Gasteiger charge is -2.09. The third-order valence-corrected chi connectivity index (χ3v) is 3.06. The highest BCUT2D eigenvalue weighted by Gasteiger charge is 2.22. The molecule has 0 saturated heterocycles. The Kier molecular flexibility index (Phi) is 4.21. The first-order valence-electron chi connectivity index (χ1n) is 6.31. The number of phenolic OH excluding ortho intramolecular Hbond substituents is 1. The number of aliphatic carboxylic acids is 1. The van der Waals surface area contributed by atoms with Crippen LogP contribution in [-0.4, -0.2) is 33.6 Å². The van der Waals surface area contributed by atoms with Crippen molar-refractivity contribution >= 4 is 28.3 Å². The number of carbonyl (C=O) groups is 2. The number of non-ortho nitro benzene ring substituents is 1. The van der Waals surface area contributed by atoms with Crippen LogP contribution in [0.1, 0.15) is 16.8 Å². The second kappa shape index (κ2) is 6.08. The van der Waals surface area contributed by atoms with Crippen LogP contribution in [0.25, 0.3) is 10.8 Å². The van der Waals surface area contributed by atoms with Gasteiger partial charge in [-0.1, -0.05) is 18.2 Å². The third-order valence-electron chi connectivity index (χ3n) is 3.06. The number of fused-ring (bicyclic) bond motifs is 1. The zero-order valence-electron chi connectivity index (χ0n) is 11.3. The van der Waals surface area contributed by atoms with Crippen LogP contribution in [0.2, 0.25) is 0 Å². The molecular formula is C14H12N2O6. The van der Waals surface area contributed by atoms with E-state index in [-0.39, 0.29) is 40.7 Å². The molecule has 3 N–H and O–H groups in total. The summed E-state index contributed by atoms with van der Waals surface area (Å²) in [6.07, 6.45) is -0.290. The molecule has 0 radical (unpaired) electrons. The molecule has 2 aromatic carbocycles. The summed E-state index contributed by atoms with van der Waals surface area (Å²) in [4.78, 5) is 32.9. The van der Waals surface area contributed by atoms with Gasteiger partial charge in [-0.05, 0) is 6.07 Å². The third kappa shape index (κ3) is 2.95. The van der Waals surface area contributed by atoms with Gasteiger partial charge >= 0.3 is 5.97 Å². The van der Waals surface area contributed by atoms with E-state index in [9.17, 15) is 24.8 Å². The van der Waals surface area contributed by atoms with Crippen LogP contribution in [0, 0.1) is 10.1 Å². The molecule has 0 fully saturated rings. The van der Waals surface area contributed by atoms with Crippen LogP contribution in [0.15, 0.2) is 30.3 Å². The fourth-order valence-corrected chi connectivity index (χ4v) is 2.04. The number of carboxylic acid groups (broad SMARTS) is 1. The number of hydrogen-bond donors (Lipinski definition) is 3. The maximum absolute atomic E-state index is 12.0. The summed E-state index contributed by atoms with van der Waals surface area (Å²) in [6.45, 7) is -0.145. The van der Waals surface area contributed by atoms with Crippen LogP contribution < -0.4 is 5.32 Å². The first-order chi connectivity index (χ1) is 10.4. The minimum atomic E-state index is -1.09. The predicted molar refractivity (Wildman–Crippen MR) is 76.9 cm³/mol. The van der Waals surface area contributed by atoms with Gasteiger partial charge in [-0.25, -0.2) is 0 Å². The summed E-state index contributed by atoms with van der Waals surface area (Å²) in [6, 6.07) is 7.08. The normalized spacial score (nSPS) is 10.4. The van der Waals surface area contributed by atoms with Gasteiger partial charge < -0.3 is 15.5 Å². The zero-order chi connectivity index (χ0) is 16.3. The quantitative estimate of drug-likeness (QED) is 0.569. The van der Waals surface area contributed by atoms with Gasteiger partial charge in [0.2, 0.25) is 0 Å². The second-order valence-electron chi connectivity index (χ2n) is 4.49. The largest absolute Gasteiger partial charge is 0.506 e. The Morgan fingerprint density at radius 1 is 1.23 bits per heavy atom. The first kappa shape index (κ1) is 15.2. The SMILES string of the molecule is O=C(O)CCNC(=O)c1cc([N+](=O)[O-])c2ccccc2c1O. The fraction of sp³-hybridized carbons (Fsp3) is 0.143. The number of nitro benzene ring substituents is 1. The molecule has 0 unspecified atom stereocenters. The van der Waals surface area contributed by atoms with Crippen LogP contribution in [0.3, 0.4) is 0 Å². The molecule has 2 rings (SSSR count). The lowest BCUT2D eigenvalue weighted by molar-refractivity contribution is -0.383. The number of benzene rings is 2. The van der Waals surface area contributed by atoms with Gasteiger partial charge in [0.15, 0.2) is 0 Å². The molecule has 0 spiro atoms. The molecule has 1 amide bonds. The van der Waals surface area contributed by atoms with Crippen molar-refractivity contribution in [2.24, 2.45) is 0 Å². The van der Waals surface area contributed by atoms with Crippen LogP contribution in [-0.2, 0) is 4.79 Å². The smallest absolute Gasteiger partial charge is 0.305 e. The van der Waals surface area contributed by atoms with Crippen molar-refractivity contribution in [2.45, 2.75) is 6.42 Å². The molecule has 0 aliphatic rings. The number of aromatic hydroxyl groups is 1. The molecule has 0 bridgehead atoms. The number of phenols is 1. The molecule has 0 aliphatic heterocycles. The van der Waals surface area contributed by atoms with Crippen LogP contribution in [0.4, 0.5) is 5.69 Å². The topological polar surface area (TPSA) is 130 Å². The van der Waals surface area contributed by atoms with Crippen LogP contribution in [0.5, 0.6) is 5.75 Å². The van der Waals surface area contributed by atoms with Gasteiger partial charge in [-0.3, -0.25) is 19.7 Å². The average Bonchev–Trinajstić information content (AvgIpc) is 2.47. The Morgan fingerprint density at radius 2 is 1.86 bits per heavy atom. The Morgan fingerprint density at radius 3 is 2.45 bits per heavy atom. The molecule has 22 heavy (non-hydrogen) atoms. The Labute approximate surface area is 124 Å². The van der Waals surface area contributed by atoms with E-state index in [1.54, 1.807) is 12.1 Å². The van der Waals surface area contributed by atoms with E-state index in [2.05, 4.69) is 5.32 Å². The molecule has 114 valence electrons. The zero-order valence-corrected chi connectivity index (χ0v) is 11.3. The summed E-state index contributed by atoms with van der Waals surface area (Å²) >= 11 is 0. The van der Waals surface area contributed by atoms with Gasteiger partial charge in [0.05, 0.1) is 22.3 Å². The van der Waals surface area contributed by atoms with Crippen molar-refractivity contribution in [3.8, 4) is 5.75 Å². The second-order valence-corrected chi connectivity index (χ2v) is 4.49. The fourth-order valence-electron chi connectivity index (χ4n) is 2.04. The molecular weight excluding hydrogens is 292 g/mol. The molecule has 8 heteroatoms. The standard InChI is InChI=1S/C14H12N2O6/c17-12(18)5-6-15-14(20)10-7-11(16(21)22)8-3-1-2-4-9(8)13(10)19/h1-4,7,19H,5-6H2,(H,15,20)(H,17,18). The monoisotopic (exact) mass is 304 g/mol. The number of nitro groups is 1. The molecule has 0 atom stereocenters. The van der Waals surface area contributed by atoms with Gasteiger partial charge in [-0.15, -0.1) is 0 Å². The molecule has 8 nitrogen and oxygen atoms in total. The molecule has 0 aromatic heterocycles. The van der Waals surface area contributed by atoms with E-state index < -0.39 is 16.8 Å². The summed E-state index contributed by atoms with van der Waals surface area (Å²) in [5, 5.41) is 32.5. The molecule has 0 heterocycles. The average molecular weight is 304 g/mol. The highest BCUT2D eigenvalue weighted by atomic mass is 16.6. The number of amides is 1. The Bertz CT molecular complexity index is 771. The molecule has 0 saturated carbocycles. The summed E-state index contributed by atoms with van der Waals surface area (Å²) in [5.74, 6) is -2.24. The van der Waals surface area contributed by atoms with Gasteiger partial charge in [-0.2, -0.15) is 0 Å². The van der Waals surface area contributed by atoms with Crippen LogP contribution >= 0.6 is 0 Å². The van der Waals surface area contributed by atoms with Crippen molar-refractivity contribution in [1.29, 1.82) is 0 Å². The minimum Gasteiger partial charge on any atom is -0.506 e. The van der Waals surface area contributed by atoms with E-state index in [0.29, 0.717) is 0 Å². The number of hydrogen-bond acceptors (Lipinski definition) is 5. The lowest BCUT2D eigenvalue weighted by atomic mass is 10.0. The Balaban J connectivity index is 2.45. The maximum Gasteiger partial charge on any atom is 0.305 e. The first-order valence-corrected chi connectivity index (χ1v) is 6.31. The van der Waals surface area contributed by atoms with E-state index in [4.69, 9.17) is 5.11 Å². The van der Waals surface area contributed by atoms with Crippen molar-refractivity contribution in [2.75, 3.05) is 6.54 Å². The number of carbonyl (C=O) groups excluding carboxylic acids is 1. The van der Waals surface area contributed by atoms with E-state index in [1.165, 1.54) is 12.1 Å². The number of nitrogens with one attached hydrogen (secondary N) is 1. The minimum absolute atomic E-state index is 0.145. The molecule has 0 aliphatic carbocycles. The summed E-state index contributed by atoms with van der Waals surface area (Å²) < 4.78 is 0. The number of nitrogens with zero attached hydrogens (tertiary/aromatic N) is 1. The number of rotatable bonds is 5. The van der Waals surface area contributed by atoms with Crippen molar-refractivity contribution in [1.82, 2.24) is 5.32 Å². The van der Waals surface area contributed by atoms with Crippen molar-refractivity contribution in [3.05, 3.63) is 46.0 Å². The van der Waals surface area contributed by atoms with Crippen molar-refractivity contribution in [3.63, 3.8) is 0 Å². The summed E-state index contributed by atoms with van der Waals surface area (Å²) in [5.41, 5.74) is -0.576. The van der Waals surface area contributed by atoms with Crippen molar-refractivity contribution < 1.29 is 24.7 Å². The molecule has 2 aromatic rings. The highest BCUT2D eigenvalue weighted by Crippen LogP contribution is 2.35. The van der Waals surface area contributed by atoms with Gasteiger partial charge in [0, 0.05) is 18.0 Å². The highest BCUT2D eigenvalue weighted by molar-refractivity contribution is 6.06. The van der Waals surface area contributed by atoms with Gasteiger partial charge in [0.25, 0.3) is 11.6 Å². The Hall–Kier alpha value is -3.16. The predicted octanol–water partition coefficient (Wildman–Crippen LogP) is 1.66. The summed E-state index contributed by atoms with van der Waals surface area (Å²) in [7, 11) is 0. The van der Waals surface area contributed by atoms with E-state index in [0.717, 1.165) is 6.07 Å². The number of carboxylic acids is 1. The van der Waals surface area contributed by atoms with E-state index >= 15 is 0 Å². The van der Waals surface area contributed by atoms with E-state index in [1.807, 2.05) is 0 Å². The van der Waals surface area contributed by atoms with Gasteiger partial charge in [0.1, 0.15) is 5.75 Å². The maximum atomic E-state index is 12.0.